The van der Waals surface area contributed by atoms with Crippen LogP contribution < -0.4 is 20.7 Å². The Kier molecular flexibility index (Phi) is 9.08. The van der Waals surface area contributed by atoms with Crippen LogP contribution in [0, 0.1) is 12.8 Å². The molecule has 1 atom stereocenters. The Morgan fingerprint density at radius 3 is 2.29 bits per heavy atom. The van der Waals surface area contributed by atoms with Crippen molar-refractivity contribution in [3.05, 3.63) is 53.6 Å². The Balaban J connectivity index is 1.51. The lowest BCUT2D eigenvalue weighted by atomic mass is 9.78. The van der Waals surface area contributed by atoms with Crippen LogP contribution in [0.15, 0.2) is 42.5 Å². The number of carbonyl (C=O) groups excluding carboxylic acids is 3. The molecule has 1 saturated carbocycles. The number of methoxy groups -OCH3 is 2. The van der Waals surface area contributed by atoms with Gasteiger partial charge in [-0.3, -0.25) is 4.79 Å². The summed E-state index contributed by atoms with van der Waals surface area (Å²) in [7, 11) is 2.78. The number of rotatable bonds is 8. The van der Waals surface area contributed by atoms with Crippen molar-refractivity contribution in [1.29, 1.82) is 0 Å². The van der Waals surface area contributed by atoms with Gasteiger partial charge in [0.2, 0.25) is 5.91 Å². The average Bonchev–Trinajstić information content (AvgIpc) is 2.87. The van der Waals surface area contributed by atoms with Gasteiger partial charge in [-0.15, -0.1) is 0 Å². The zero-order valence-electron chi connectivity index (χ0n) is 20.3. The maximum absolute atomic E-state index is 12.5. The first-order valence-electron chi connectivity index (χ1n) is 11.7. The molecule has 35 heavy (non-hydrogen) atoms. The number of aryl methyl sites for hydroxylation is 1. The van der Waals surface area contributed by atoms with E-state index in [2.05, 4.69) is 20.7 Å². The number of amides is 3. The van der Waals surface area contributed by atoms with Crippen LogP contribution in [0.1, 0.15) is 42.7 Å². The fraction of sp³-hybridized carbons (Fsp3) is 0.423. The number of urea groups is 1. The molecule has 9 heteroatoms. The summed E-state index contributed by atoms with van der Waals surface area (Å²) in [5, 5.41) is 17.5. The van der Waals surface area contributed by atoms with Gasteiger partial charge in [-0.2, -0.15) is 0 Å². The number of hydrogen-bond donors (Lipinski definition) is 4. The molecule has 0 aromatic heterocycles. The number of aliphatic hydroxyl groups is 1. The smallest absolute Gasteiger partial charge is 0.330 e. The van der Waals surface area contributed by atoms with E-state index in [1.807, 2.05) is 49.4 Å². The Morgan fingerprint density at radius 1 is 1.00 bits per heavy atom. The molecule has 2 aromatic carbocycles. The SMILES string of the molecule is COC(=O)[C@H](CO)NC(=O)C1CCC(c2ccc(NC(=O)Nc3cc(C)ccc3OC)cc2)CC1. The molecule has 0 bridgehead atoms. The first-order valence-corrected chi connectivity index (χ1v) is 11.7. The second-order valence-electron chi connectivity index (χ2n) is 8.72. The molecule has 188 valence electrons. The highest BCUT2D eigenvalue weighted by molar-refractivity contribution is 6.00. The lowest BCUT2D eigenvalue weighted by Gasteiger charge is -2.29. The highest BCUT2D eigenvalue weighted by Crippen LogP contribution is 2.36. The van der Waals surface area contributed by atoms with Crippen LogP contribution in [0.5, 0.6) is 5.75 Å². The van der Waals surface area contributed by atoms with Gasteiger partial charge in [0.05, 0.1) is 26.5 Å². The van der Waals surface area contributed by atoms with Crippen molar-refractivity contribution < 1.29 is 29.0 Å². The van der Waals surface area contributed by atoms with E-state index >= 15 is 0 Å². The minimum absolute atomic E-state index is 0.201. The number of anilines is 2. The lowest BCUT2D eigenvalue weighted by Crippen LogP contribution is -2.46. The molecule has 1 fully saturated rings. The third kappa shape index (κ3) is 6.95. The highest BCUT2D eigenvalue weighted by atomic mass is 16.5. The van der Waals surface area contributed by atoms with E-state index in [1.165, 1.54) is 7.11 Å². The largest absolute Gasteiger partial charge is 0.495 e. The van der Waals surface area contributed by atoms with Crippen LogP contribution in [0.2, 0.25) is 0 Å². The summed E-state index contributed by atoms with van der Waals surface area (Å²) in [6.45, 7) is 1.44. The van der Waals surface area contributed by atoms with E-state index < -0.39 is 18.6 Å². The van der Waals surface area contributed by atoms with Crippen molar-refractivity contribution >= 4 is 29.3 Å². The van der Waals surface area contributed by atoms with Crippen LogP contribution >= 0.6 is 0 Å². The highest BCUT2D eigenvalue weighted by Gasteiger charge is 2.30. The molecule has 4 N–H and O–H groups in total. The van der Waals surface area contributed by atoms with Crippen molar-refractivity contribution in [2.75, 3.05) is 31.5 Å². The summed E-state index contributed by atoms with van der Waals surface area (Å²) in [6, 6.07) is 11.9. The normalized spacial score (nSPS) is 18.2. The van der Waals surface area contributed by atoms with E-state index in [-0.39, 0.29) is 17.9 Å². The predicted molar refractivity (Wildman–Crippen MR) is 133 cm³/mol. The summed E-state index contributed by atoms with van der Waals surface area (Å²) in [5.74, 6) is -0.192. The summed E-state index contributed by atoms with van der Waals surface area (Å²) >= 11 is 0. The van der Waals surface area contributed by atoms with Crippen molar-refractivity contribution in [1.82, 2.24) is 5.32 Å². The number of carbonyl (C=O) groups is 3. The van der Waals surface area contributed by atoms with Gasteiger partial charge < -0.3 is 30.5 Å². The standard InChI is InChI=1S/C26H33N3O6/c1-16-4-13-23(34-2)21(14-16)29-26(33)27-20-11-9-18(10-12-20)17-5-7-19(8-6-17)24(31)28-22(15-30)25(32)35-3/h4,9-14,17,19,22,30H,5-8,15H2,1-3H3,(H,28,31)(H2,27,29,33)/t17?,19?,22-/m0/s1. The maximum Gasteiger partial charge on any atom is 0.330 e. The van der Waals surface area contributed by atoms with Crippen LogP contribution in [-0.4, -0.2) is 49.9 Å². The molecule has 3 rings (SSSR count). The number of nitrogens with one attached hydrogen (secondary N) is 3. The van der Waals surface area contributed by atoms with Gasteiger partial charge in [-0.25, -0.2) is 9.59 Å². The number of esters is 1. The molecule has 0 unspecified atom stereocenters. The molecule has 3 amide bonds. The molecule has 1 aliphatic rings. The van der Waals surface area contributed by atoms with Crippen LogP contribution in [-0.2, 0) is 14.3 Å². The van der Waals surface area contributed by atoms with Crippen LogP contribution in [0.4, 0.5) is 16.2 Å². The number of hydrogen-bond acceptors (Lipinski definition) is 6. The molecule has 9 nitrogen and oxygen atoms in total. The quantitative estimate of drug-likeness (QED) is 0.425. The van der Waals surface area contributed by atoms with Gasteiger partial charge in [0, 0.05) is 11.6 Å². The fourth-order valence-electron chi connectivity index (χ4n) is 4.34. The Morgan fingerprint density at radius 2 is 1.69 bits per heavy atom. The van der Waals surface area contributed by atoms with Crippen molar-refractivity contribution in [2.24, 2.45) is 5.92 Å². The zero-order chi connectivity index (χ0) is 25.4. The van der Waals surface area contributed by atoms with E-state index in [1.54, 1.807) is 7.11 Å². The Bertz CT molecular complexity index is 1030. The second-order valence-corrected chi connectivity index (χ2v) is 8.72. The predicted octanol–water partition coefficient (Wildman–Crippen LogP) is 3.57. The molecule has 0 spiro atoms. The van der Waals surface area contributed by atoms with Gasteiger partial charge in [0.1, 0.15) is 5.75 Å². The van der Waals surface area contributed by atoms with Gasteiger partial charge >= 0.3 is 12.0 Å². The summed E-state index contributed by atoms with van der Waals surface area (Å²) < 4.78 is 9.89. The van der Waals surface area contributed by atoms with Gasteiger partial charge in [0.15, 0.2) is 6.04 Å². The minimum atomic E-state index is -1.03. The Labute approximate surface area is 205 Å². The molecule has 2 aromatic rings. The number of aliphatic hydroxyl groups excluding tert-OH is 1. The number of ether oxygens (including phenoxy) is 2. The second kappa shape index (κ2) is 12.2. The zero-order valence-corrected chi connectivity index (χ0v) is 20.3. The maximum atomic E-state index is 12.5. The third-order valence-electron chi connectivity index (χ3n) is 6.33. The van der Waals surface area contributed by atoms with Gasteiger partial charge in [-0.05, 0) is 73.9 Å². The summed E-state index contributed by atoms with van der Waals surface area (Å²) in [6.07, 6.45) is 3.05. The summed E-state index contributed by atoms with van der Waals surface area (Å²) in [4.78, 5) is 36.5. The van der Waals surface area contributed by atoms with Gasteiger partial charge in [-0.1, -0.05) is 18.2 Å². The summed E-state index contributed by atoms with van der Waals surface area (Å²) in [5.41, 5.74) is 3.43. The molecule has 0 aliphatic heterocycles. The monoisotopic (exact) mass is 483 g/mol. The molecular weight excluding hydrogens is 450 g/mol. The molecule has 1 aliphatic carbocycles. The topological polar surface area (TPSA) is 126 Å². The molecular formula is C26H33N3O6. The molecule has 0 saturated heterocycles. The first kappa shape index (κ1) is 26.0. The van der Waals surface area contributed by atoms with E-state index in [4.69, 9.17) is 4.74 Å². The Hall–Kier alpha value is -3.59. The van der Waals surface area contributed by atoms with Gasteiger partial charge in [0.25, 0.3) is 0 Å². The number of benzene rings is 2. The van der Waals surface area contributed by atoms with Crippen molar-refractivity contribution in [2.45, 2.75) is 44.6 Å². The van der Waals surface area contributed by atoms with E-state index in [9.17, 15) is 19.5 Å². The van der Waals surface area contributed by atoms with Crippen molar-refractivity contribution in [3.63, 3.8) is 0 Å². The fourth-order valence-corrected chi connectivity index (χ4v) is 4.34. The van der Waals surface area contributed by atoms with E-state index in [0.29, 0.717) is 35.9 Å². The van der Waals surface area contributed by atoms with Crippen LogP contribution in [0.25, 0.3) is 0 Å². The van der Waals surface area contributed by atoms with Crippen LogP contribution in [0.3, 0.4) is 0 Å². The van der Waals surface area contributed by atoms with E-state index in [0.717, 1.165) is 24.0 Å². The minimum Gasteiger partial charge on any atom is -0.495 e. The third-order valence-corrected chi connectivity index (χ3v) is 6.33. The average molecular weight is 484 g/mol. The molecule has 0 heterocycles. The first-order chi connectivity index (χ1) is 16.8. The molecule has 0 radical (unpaired) electrons. The van der Waals surface area contributed by atoms with Crippen molar-refractivity contribution in [3.8, 4) is 5.75 Å². The lowest BCUT2D eigenvalue weighted by molar-refractivity contribution is -0.146.